The molecule has 0 radical (unpaired) electrons. The highest BCUT2D eigenvalue weighted by molar-refractivity contribution is 6.34. The van der Waals surface area contributed by atoms with Gasteiger partial charge in [-0.15, -0.1) is 0 Å². The number of hydrazone groups is 1. The SMILES string of the molecule is CC(=NN(C(N)=O)c1ccc(Cl)cc1)c1cc(CN)c(F)cc1Cl. The third kappa shape index (κ3) is 4.03. The lowest BCUT2D eigenvalue weighted by Crippen LogP contribution is -2.32. The Morgan fingerprint density at radius 1 is 1.25 bits per heavy atom. The Morgan fingerprint density at radius 3 is 2.42 bits per heavy atom. The van der Waals surface area contributed by atoms with Gasteiger partial charge < -0.3 is 11.5 Å². The number of hydrogen-bond donors (Lipinski definition) is 2. The number of anilines is 1. The highest BCUT2D eigenvalue weighted by Crippen LogP contribution is 2.23. The molecule has 126 valence electrons. The van der Waals surface area contributed by atoms with Gasteiger partial charge in [0.25, 0.3) is 0 Å². The summed E-state index contributed by atoms with van der Waals surface area (Å²) in [5, 5.41) is 5.87. The molecular weight excluding hydrogens is 354 g/mol. The van der Waals surface area contributed by atoms with E-state index >= 15 is 0 Å². The fourth-order valence-corrected chi connectivity index (χ4v) is 2.46. The molecule has 2 amide bonds. The molecule has 0 aliphatic carbocycles. The largest absolute Gasteiger partial charge is 0.350 e. The molecule has 2 aromatic rings. The number of carbonyl (C=O) groups is 1. The topological polar surface area (TPSA) is 84.7 Å². The van der Waals surface area contributed by atoms with Crippen LogP contribution in [0.4, 0.5) is 14.9 Å². The van der Waals surface area contributed by atoms with E-state index < -0.39 is 11.8 Å². The average Bonchev–Trinajstić information content (AvgIpc) is 2.53. The number of halogens is 3. The lowest BCUT2D eigenvalue weighted by atomic mass is 10.1. The van der Waals surface area contributed by atoms with E-state index in [0.29, 0.717) is 27.5 Å². The number of benzene rings is 2. The van der Waals surface area contributed by atoms with E-state index in [2.05, 4.69) is 5.10 Å². The van der Waals surface area contributed by atoms with Crippen molar-refractivity contribution in [2.24, 2.45) is 16.6 Å². The van der Waals surface area contributed by atoms with Gasteiger partial charge in [0.05, 0.1) is 16.4 Å². The Kier molecular flexibility index (Phi) is 5.77. The molecule has 0 heterocycles. The Labute approximate surface area is 148 Å². The van der Waals surface area contributed by atoms with E-state index in [1.165, 1.54) is 6.07 Å². The molecule has 24 heavy (non-hydrogen) atoms. The number of rotatable bonds is 4. The van der Waals surface area contributed by atoms with E-state index in [-0.39, 0.29) is 11.6 Å². The van der Waals surface area contributed by atoms with Crippen molar-refractivity contribution in [1.29, 1.82) is 0 Å². The van der Waals surface area contributed by atoms with Crippen molar-refractivity contribution >= 4 is 40.6 Å². The Hall–Kier alpha value is -2.15. The summed E-state index contributed by atoms with van der Waals surface area (Å²) in [5.41, 5.74) is 12.5. The van der Waals surface area contributed by atoms with E-state index in [4.69, 9.17) is 34.7 Å². The van der Waals surface area contributed by atoms with Gasteiger partial charge in [-0.3, -0.25) is 0 Å². The summed E-state index contributed by atoms with van der Waals surface area (Å²) in [7, 11) is 0. The van der Waals surface area contributed by atoms with E-state index in [0.717, 1.165) is 11.1 Å². The molecule has 2 rings (SSSR count). The Balaban J connectivity index is 2.47. The summed E-state index contributed by atoms with van der Waals surface area (Å²) in [4.78, 5) is 11.7. The molecule has 0 atom stereocenters. The minimum Gasteiger partial charge on any atom is -0.350 e. The number of primary amides is 1. The number of nitrogens with zero attached hydrogens (tertiary/aromatic N) is 2. The van der Waals surface area contributed by atoms with Gasteiger partial charge in [0.2, 0.25) is 0 Å². The van der Waals surface area contributed by atoms with Gasteiger partial charge in [0.1, 0.15) is 5.82 Å². The van der Waals surface area contributed by atoms with Crippen molar-refractivity contribution < 1.29 is 9.18 Å². The Bertz CT molecular complexity index is 793. The number of amides is 2. The van der Waals surface area contributed by atoms with Gasteiger partial charge in [-0.25, -0.2) is 9.18 Å². The third-order valence-corrected chi connectivity index (χ3v) is 3.84. The molecule has 5 nitrogen and oxygen atoms in total. The number of carbonyl (C=O) groups excluding carboxylic acids is 1. The van der Waals surface area contributed by atoms with Crippen LogP contribution in [0.15, 0.2) is 41.5 Å². The lowest BCUT2D eigenvalue weighted by Gasteiger charge is -2.17. The fourth-order valence-electron chi connectivity index (χ4n) is 2.05. The second-order valence-electron chi connectivity index (χ2n) is 4.94. The van der Waals surface area contributed by atoms with Gasteiger partial charge in [-0.05, 0) is 43.3 Å². The molecule has 0 bridgehead atoms. The zero-order valence-electron chi connectivity index (χ0n) is 12.8. The zero-order chi connectivity index (χ0) is 17.9. The van der Waals surface area contributed by atoms with E-state index in [1.54, 1.807) is 31.2 Å². The molecule has 4 N–H and O–H groups in total. The first-order chi connectivity index (χ1) is 11.3. The van der Waals surface area contributed by atoms with E-state index in [9.17, 15) is 9.18 Å². The van der Waals surface area contributed by atoms with Crippen LogP contribution in [0.5, 0.6) is 0 Å². The molecule has 8 heteroatoms. The van der Waals surface area contributed by atoms with Crippen LogP contribution in [0.25, 0.3) is 0 Å². The molecular formula is C16H15Cl2FN4O. The van der Waals surface area contributed by atoms with Crippen molar-refractivity contribution in [3.05, 3.63) is 63.4 Å². The van der Waals surface area contributed by atoms with Crippen LogP contribution in [0.1, 0.15) is 18.1 Å². The summed E-state index contributed by atoms with van der Waals surface area (Å²) in [5.74, 6) is -0.497. The summed E-state index contributed by atoms with van der Waals surface area (Å²) in [6, 6.07) is 8.29. The maximum Gasteiger partial charge on any atom is 0.340 e. The predicted molar refractivity (Wildman–Crippen MR) is 95.0 cm³/mol. The first-order valence-electron chi connectivity index (χ1n) is 6.92. The van der Waals surface area contributed by atoms with Crippen LogP contribution < -0.4 is 16.5 Å². The molecule has 0 fully saturated rings. The maximum absolute atomic E-state index is 13.7. The van der Waals surface area contributed by atoms with E-state index in [1.807, 2.05) is 0 Å². The van der Waals surface area contributed by atoms with Crippen LogP contribution in [-0.4, -0.2) is 11.7 Å². The number of hydrogen-bond acceptors (Lipinski definition) is 3. The van der Waals surface area contributed by atoms with Gasteiger partial charge in [0.15, 0.2) is 0 Å². The standard InChI is InChI=1S/C16H15Cl2FN4O/c1-9(13-6-10(8-20)15(19)7-14(13)18)22-23(16(21)24)12-4-2-11(17)3-5-12/h2-7H,8,20H2,1H3,(H2,21,24). The summed E-state index contributed by atoms with van der Waals surface area (Å²) < 4.78 is 13.7. The van der Waals surface area contributed by atoms with Crippen LogP contribution in [0.2, 0.25) is 10.0 Å². The van der Waals surface area contributed by atoms with Crippen LogP contribution in [0, 0.1) is 5.82 Å². The van der Waals surface area contributed by atoms with Crippen molar-refractivity contribution in [3.8, 4) is 0 Å². The first kappa shape index (κ1) is 18.2. The van der Waals surface area contributed by atoms with Crippen molar-refractivity contribution in [2.75, 3.05) is 5.01 Å². The highest BCUT2D eigenvalue weighted by atomic mass is 35.5. The van der Waals surface area contributed by atoms with Gasteiger partial charge in [-0.1, -0.05) is 23.2 Å². The second kappa shape index (κ2) is 7.61. The minimum absolute atomic E-state index is 0.0139. The minimum atomic E-state index is -0.783. The number of urea groups is 1. The monoisotopic (exact) mass is 368 g/mol. The van der Waals surface area contributed by atoms with Crippen LogP contribution in [0.3, 0.4) is 0 Å². The smallest absolute Gasteiger partial charge is 0.340 e. The predicted octanol–water partition coefficient (Wildman–Crippen LogP) is 3.90. The lowest BCUT2D eigenvalue weighted by molar-refractivity contribution is 0.254. The van der Waals surface area contributed by atoms with Crippen molar-refractivity contribution in [3.63, 3.8) is 0 Å². The molecule has 0 aliphatic heterocycles. The van der Waals surface area contributed by atoms with Crippen molar-refractivity contribution in [2.45, 2.75) is 13.5 Å². The Morgan fingerprint density at radius 2 is 1.88 bits per heavy atom. The van der Waals surface area contributed by atoms with Crippen LogP contribution >= 0.6 is 23.2 Å². The quantitative estimate of drug-likeness (QED) is 0.633. The average molecular weight is 369 g/mol. The normalized spacial score (nSPS) is 11.5. The molecule has 0 unspecified atom stereocenters. The molecule has 0 aliphatic rings. The molecule has 0 aromatic heterocycles. The second-order valence-corrected chi connectivity index (χ2v) is 5.78. The molecule has 0 saturated carbocycles. The first-order valence-corrected chi connectivity index (χ1v) is 7.67. The summed E-state index contributed by atoms with van der Waals surface area (Å²) in [6.45, 7) is 1.64. The van der Waals surface area contributed by atoms with Crippen molar-refractivity contribution in [1.82, 2.24) is 0 Å². The van der Waals surface area contributed by atoms with Gasteiger partial charge >= 0.3 is 6.03 Å². The molecule has 0 spiro atoms. The zero-order valence-corrected chi connectivity index (χ0v) is 14.3. The summed E-state index contributed by atoms with van der Waals surface area (Å²) in [6.07, 6.45) is 0. The maximum atomic E-state index is 13.7. The van der Waals surface area contributed by atoms with Crippen LogP contribution in [-0.2, 0) is 6.54 Å². The molecule has 0 saturated heterocycles. The van der Waals surface area contributed by atoms with Gasteiger partial charge in [-0.2, -0.15) is 10.1 Å². The highest BCUT2D eigenvalue weighted by Gasteiger charge is 2.15. The fraction of sp³-hybridized carbons (Fsp3) is 0.125. The summed E-state index contributed by atoms with van der Waals surface area (Å²) >= 11 is 11.9. The molecule has 2 aromatic carbocycles. The van der Waals surface area contributed by atoms with Gasteiger partial charge in [0, 0.05) is 22.7 Å². The third-order valence-electron chi connectivity index (χ3n) is 3.28. The number of nitrogens with two attached hydrogens (primary N) is 2.